The minimum absolute atomic E-state index is 0.232. The van der Waals surface area contributed by atoms with Crippen LogP contribution in [0.4, 0.5) is 13.2 Å². The molecule has 0 atom stereocenters. The predicted octanol–water partition coefficient (Wildman–Crippen LogP) is 4.89. The molecule has 2 rings (SSSR count). The van der Waals surface area contributed by atoms with E-state index in [9.17, 15) is 13.2 Å². The van der Waals surface area contributed by atoms with Gasteiger partial charge < -0.3 is 0 Å². The Labute approximate surface area is 95.6 Å². The maximum Gasteiger partial charge on any atom is 0.395 e. The highest BCUT2D eigenvalue weighted by molar-refractivity contribution is 5.15. The van der Waals surface area contributed by atoms with Gasteiger partial charge in [-0.3, -0.25) is 0 Å². The molecular formula is C13H20F3. The molecule has 0 N–H and O–H groups in total. The largest absolute Gasteiger partial charge is 0.395 e. The third-order valence-corrected chi connectivity index (χ3v) is 4.72. The minimum Gasteiger partial charge on any atom is -0.170 e. The van der Waals surface area contributed by atoms with Crippen molar-refractivity contribution in [3.8, 4) is 0 Å². The van der Waals surface area contributed by atoms with Crippen molar-refractivity contribution < 1.29 is 13.2 Å². The molecule has 0 aliphatic heterocycles. The zero-order valence-electron chi connectivity index (χ0n) is 9.87. The van der Waals surface area contributed by atoms with E-state index in [1.54, 1.807) is 6.92 Å². The summed E-state index contributed by atoms with van der Waals surface area (Å²) in [5.74, 6) is 0.974. The summed E-state index contributed by atoms with van der Waals surface area (Å²) in [6.07, 6.45) is 2.75. The molecule has 0 aromatic rings. The van der Waals surface area contributed by atoms with Gasteiger partial charge in [0.15, 0.2) is 0 Å². The summed E-state index contributed by atoms with van der Waals surface area (Å²) < 4.78 is 39.4. The fraction of sp³-hybridized carbons (Fsp3) is 0.923. The van der Waals surface area contributed by atoms with Crippen LogP contribution in [0.2, 0.25) is 0 Å². The van der Waals surface area contributed by atoms with Gasteiger partial charge in [0.1, 0.15) is 0 Å². The highest BCUT2D eigenvalue weighted by Gasteiger charge is 2.62. The first kappa shape index (κ1) is 12.3. The van der Waals surface area contributed by atoms with Crippen molar-refractivity contribution in [1.82, 2.24) is 0 Å². The topological polar surface area (TPSA) is 0 Å². The van der Waals surface area contributed by atoms with Gasteiger partial charge >= 0.3 is 6.18 Å². The molecule has 2 aliphatic rings. The van der Waals surface area contributed by atoms with Crippen molar-refractivity contribution in [2.45, 2.75) is 64.5 Å². The Morgan fingerprint density at radius 1 is 1.00 bits per heavy atom. The summed E-state index contributed by atoms with van der Waals surface area (Å²) in [6.45, 7) is 1.77. The summed E-state index contributed by atoms with van der Waals surface area (Å²) in [5.41, 5.74) is -1.41. The summed E-state index contributed by atoms with van der Waals surface area (Å²) in [6, 6.07) is 0. The van der Waals surface area contributed by atoms with Crippen molar-refractivity contribution >= 4 is 0 Å². The highest BCUT2D eigenvalue weighted by Crippen LogP contribution is 2.61. The van der Waals surface area contributed by atoms with Crippen molar-refractivity contribution in [1.29, 1.82) is 0 Å². The van der Waals surface area contributed by atoms with E-state index in [2.05, 4.69) is 0 Å². The summed E-state index contributed by atoms with van der Waals surface area (Å²) in [7, 11) is 0. The van der Waals surface area contributed by atoms with Crippen molar-refractivity contribution in [3.05, 3.63) is 5.92 Å². The Morgan fingerprint density at radius 2 is 1.56 bits per heavy atom. The van der Waals surface area contributed by atoms with E-state index >= 15 is 0 Å². The van der Waals surface area contributed by atoms with E-state index in [0.29, 0.717) is 12.8 Å². The molecule has 0 aromatic carbocycles. The first-order valence-electron chi connectivity index (χ1n) is 6.38. The molecule has 16 heavy (non-hydrogen) atoms. The van der Waals surface area contributed by atoms with Crippen molar-refractivity contribution in [2.24, 2.45) is 11.3 Å². The first-order chi connectivity index (χ1) is 7.47. The number of hydrogen-bond donors (Lipinski definition) is 0. The molecule has 2 fully saturated rings. The van der Waals surface area contributed by atoms with Crippen LogP contribution in [0.15, 0.2) is 0 Å². The van der Waals surface area contributed by atoms with Gasteiger partial charge in [-0.1, -0.05) is 32.6 Å². The number of rotatable bonds is 2. The predicted molar refractivity (Wildman–Crippen MR) is 57.8 cm³/mol. The molecule has 0 heterocycles. The van der Waals surface area contributed by atoms with Crippen LogP contribution in [-0.4, -0.2) is 6.18 Å². The van der Waals surface area contributed by atoms with E-state index in [4.69, 9.17) is 0 Å². The molecule has 0 bridgehead atoms. The van der Waals surface area contributed by atoms with Crippen LogP contribution in [-0.2, 0) is 0 Å². The normalized spacial score (nSPS) is 26.8. The van der Waals surface area contributed by atoms with Gasteiger partial charge in [0, 0.05) is 0 Å². The van der Waals surface area contributed by atoms with Crippen LogP contribution < -0.4 is 0 Å². The quantitative estimate of drug-likeness (QED) is 0.636. The summed E-state index contributed by atoms with van der Waals surface area (Å²) >= 11 is 0. The third kappa shape index (κ3) is 1.86. The molecule has 0 nitrogen and oxygen atoms in total. The van der Waals surface area contributed by atoms with Gasteiger partial charge in [0.05, 0.1) is 5.41 Å². The summed E-state index contributed by atoms with van der Waals surface area (Å²) in [5, 5.41) is 0. The molecule has 0 aromatic heterocycles. The first-order valence-corrected chi connectivity index (χ1v) is 6.38. The van der Waals surface area contributed by atoms with Gasteiger partial charge in [0.25, 0.3) is 0 Å². The van der Waals surface area contributed by atoms with E-state index in [1.807, 2.05) is 0 Å². The van der Waals surface area contributed by atoms with Gasteiger partial charge in [-0.05, 0) is 37.5 Å². The van der Waals surface area contributed by atoms with Gasteiger partial charge in [-0.15, -0.1) is 0 Å². The average Bonchev–Trinajstić information content (AvgIpc) is 2.15. The standard InChI is InChI=1S/C13H20F3/c1-10(11-6-3-2-4-7-11)12(8-5-9-12)13(14,15)16/h11H,2-9H2,1H3. The third-order valence-electron chi connectivity index (χ3n) is 4.72. The fourth-order valence-corrected chi connectivity index (χ4v) is 3.36. The van der Waals surface area contributed by atoms with Crippen LogP contribution in [0.5, 0.6) is 0 Å². The minimum atomic E-state index is -4.02. The number of alkyl halides is 3. The van der Waals surface area contributed by atoms with E-state index in [0.717, 1.165) is 38.0 Å². The molecular weight excluding hydrogens is 213 g/mol. The molecule has 0 spiro atoms. The monoisotopic (exact) mass is 233 g/mol. The summed E-state index contributed by atoms with van der Waals surface area (Å²) in [4.78, 5) is 0. The van der Waals surface area contributed by atoms with E-state index in [1.165, 1.54) is 6.42 Å². The average molecular weight is 233 g/mol. The second-order valence-electron chi connectivity index (χ2n) is 5.45. The Morgan fingerprint density at radius 3 is 1.94 bits per heavy atom. The van der Waals surface area contributed by atoms with Crippen LogP contribution in [0.25, 0.3) is 0 Å². The van der Waals surface area contributed by atoms with Crippen LogP contribution >= 0.6 is 0 Å². The Kier molecular flexibility index (Phi) is 3.24. The smallest absolute Gasteiger partial charge is 0.170 e. The SMILES string of the molecule is C[C](C1CCCCC1)C1(C(F)(F)F)CCC1. The Hall–Kier alpha value is -0.210. The lowest BCUT2D eigenvalue weighted by Crippen LogP contribution is -2.50. The van der Waals surface area contributed by atoms with Crippen LogP contribution in [0.1, 0.15) is 58.3 Å². The van der Waals surface area contributed by atoms with Gasteiger partial charge in [-0.2, -0.15) is 13.2 Å². The Balaban J connectivity index is 2.08. The lowest BCUT2D eigenvalue weighted by Gasteiger charge is -2.50. The molecule has 2 aliphatic carbocycles. The second-order valence-corrected chi connectivity index (χ2v) is 5.45. The van der Waals surface area contributed by atoms with Gasteiger partial charge in [-0.25, -0.2) is 0 Å². The van der Waals surface area contributed by atoms with Crippen molar-refractivity contribution in [2.75, 3.05) is 0 Å². The maximum absolute atomic E-state index is 13.1. The molecule has 0 amide bonds. The number of halogens is 3. The Bertz CT molecular complexity index is 234. The molecule has 1 radical (unpaired) electrons. The maximum atomic E-state index is 13.1. The molecule has 3 heteroatoms. The van der Waals surface area contributed by atoms with E-state index < -0.39 is 11.6 Å². The van der Waals surface area contributed by atoms with Crippen molar-refractivity contribution in [3.63, 3.8) is 0 Å². The zero-order valence-corrected chi connectivity index (χ0v) is 9.87. The van der Waals surface area contributed by atoms with Crippen LogP contribution in [0, 0.1) is 17.3 Å². The zero-order chi connectivity index (χ0) is 11.8. The fourth-order valence-electron chi connectivity index (χ4n) is 3.36. The van der Waals surface area contributed by atoms with Crippen LogP contribution in [0.3, 0.4) is 0 Å². The van der Waals surface area contributed by atoms with E-state index in [-0.39, 0.29) is 5.92 Å². The molecule has 0 unspecified atom stereocenters. The lowest BCUT2D eigenvalue weighted by atomic mass is 9.56. The molecule has 93 valence electrons. The highest BCUT2D eigenvalue weighted by atomic mass is 19.4. The lowest BCUT2D eigenvalue weighted by molar-refractivity contribution is -0.246. The molecule has 0 saturated heterocycles. The second kappa shape index (κ2) is 4.23. The molecule has 2 saturated carbocycles. The number of hydrogen-bond acceptors (Lipinski definition) is 0. The van der Waals surface area contributed by atoms with Gasteiger partial charge in [0.2, 0.25) is 0 Å².